The Kier molecular flexibility index (Phi) is 3.91. The van der Waals surface area contributed by atoms with Crippen LogP contribution in [0.5, 0.6) is 0 Å². The van der Waals surface area contributed by atoms with Gasteiger partial charge in [-0.25, -0.2) is 0 Å². The van der Waals surface area contributed by atoms with Gasteiger partial charge in [0.15, 0.2) is 0 Å². The fraction of sp³-hybridized carbons (Fsp3) is 0.647. The van der Waals surface area contributed by atoms with E-state index in [1.54, 1.807) is 0 Å². The molecule has 19 heavy (non-hydrogen) atoms. The maximum absolute atomic E-state index is 2.44. The molecular formula is C17H28N2. The Morgan fingerprint density at radius 2 is 2.05 bits per heavy atom. The van der Waals surface area contributed by atoms with Gasteiger partial charge in [-0.15, -0.1) is 0 Å². The Morgan fingerprint density at radius 3 is 2.68 bits per heavy atom. The van der Waals surface area contributed by atoms with E-state index in [1.165, 1.54) is 23.2 Å². The minimum absolute atomic E-state index is 0.291. The SMILES string of the molecule is Cc1ccc2c(c1)C(C)(CCN(C)C(C)C)CN2C. The Morgan fingerprint density at radius 1 is 1.37 bits per heavy atom. The van der Waals surface area contributed by atoms with Crippen LogP contribution < -0.4 is 4.90 Å². The minimum Gasteiger partial charge on any atom is -0.373 e. The third kappa shape index (κ3) is 2.79. The summed E-state index contributed by atoms with van der Waals surface area (Å²) in [5, 5.41) is 0. The van der Waals surface area contributed by atoms with Crippen LogP contribution in [0, 0.1) is 6.92 Å². The van der Waals surface area contributed by atoms with Crippen molar-refractivity contribution >= 4 is 5.69 Å². The number of likely N-dealkylation sites (N-methyl/N-ethyl adjacent to an activating group) is 1. The van der Waals surface area contributed by atoms with Gasteiger partial charge in [0.1, 0.15) is 0 Å². The summed E-state index contributed by atoms with van der Waals surface area (Å²) in [6.07, 6.45) is 1.22. The normalized spacial score (nSPS) is 22.4. The number of anilines is 1. The smallest absolute Gasteiger partial charge is 0.0402 e. The largest absolute Gasteiger partial charge is 0.373 e. The lowest BCUT2D eigenvalue weighted by molar-refractivity contribution is 0.246. The number of nitrogens with zero attached hydrogens (tertiary/aromatic N) is 2. The van der Waals surface area contributed by atoms with Crippen LogP contribution >= 0.6 is 0 Å². The topological polar surface area (TPSA) is 6.48 Å². The van der Waals surface area contributed by atoms with Crippen molar-refractivity contribution in [3.8, 4) is 0 Å². The van der Waals surface area contributed by atoms with Crippen molar-refractivity contribution < 1.29 is 0 Å². The second-order valence-electron chi connectivity index (χ2n) is 6.76. The molecule has 1 atom stereocenters. The van der Waals surface area contributed by atoms with E-state index in [2.05, 4.69) is 69.8 Å². The zero-order valence-electron chi connectivity index (χ0n) is 13.3. The van der Waals surface area contributed by atoms with E-state index in [9.17, 15) is 0 Å². The first-order chi connectivity index (χ1) is 8.83. The third-order valence-electron chi connectivity index (χ3n) is 4.70. The maximum atomic E-state index is 2.44. The number of hydrogen-bond acceptors (Lipinski definition) is 2. The van der Waals surface area contributed by atoms with E-state index < -0.39 is 0 Å². The summed E-state index contributed by atoms with van der Waals surface area (Å²) >= 11 is 0. The van der Waals surface area contributed by atoms with E-state index in [-0.39, 0.29) is 0 Å². The zero-order chi connectivity index (χ0) is 14.2. The lowest BCUT2D eigenvalue weighted by Gasteiger charge is -2.29. The summed E-state index contributed by atoms with van der Waals surface area (Å²) in [7, 11) is 4.44. The van der Waals surface area contributed by atoms with Crippen LogP contribution in [0.4, 0.5) is 5.69 Å². The molecule has 0 saturated heterocycles. The molecule has 0 saturated carbocycles. The van der Waals surface area contributed by atoms with Gasteiger partial charge in [-0.1, -0.05) is 24.6 Å². The van der Waals surface area contributed by atoms with Gasteiger partial charge in [0.05, 0.1) is 0 Å². The monoisotopic (exact) mass is 260 g/mol. The first-order valence-electron chi connectivity index (χ1n) is 7.36. The van der Waals surface area contributed by atoms with Gasteiger partial charge in [0.2, 0.25) is 0 Å². The Bertz CT molecular complexity index is 453. The lowest BCUT2D eigenvalue weighted by atomic mass is 9.80. The molecule has 0 fully saturated rings. The second kappa shape index (κ2) is 5.16. The highest BCUT2D eigenvalue weighted by atomic mass is 15.1. The molecule has 1 aliphatic rings. The standard InChI is InChI=1S/C17H28N2/c1-13(2)18(5)10-9-17(4)12-19(6)16-8-7-14(3)11-15(16)17/h7-8,11,13H,9-10,12H2,1-6H3. The van der Waals surface area contributed by atoms with Crippen molar-refractivity contribution in [1.29, 1.82) is 0 Å². The van der Waals surface area contributed by atoms with Gasteiger partial charge in [0.25, 0.3) is 0 Å². The number of hydrogen-bond donors (Lipinski definition) is 0. The van der Waals surface area contributed by atoms with Crippen molar-refractivity contribution in [1.82, 2.24) is 4.90 Å². The van der Waals surface area contributed by atoms with E-state index >= 15 is 0 Å². The first-order valence-corrected chi connectivity index (χ1v) is 7.36. The molecule has 0 radical (unpaired) electrons. The maximum Gasteiger partial charge on any atom is 0.0402 e. The molecule has 2 heteroatoms. The number of benzene rings is 1. The molecule has 0 spiro atoms. The molecule has 1 unspecified atom stereocenters. The van der Waals surface area contributed by atoms with Crippen molar-refractivity contribution in [2.24, 2.45) is 0 Å². The predicted octanol–water partition coefficient (Wildman–Crippen LogP) is 3.43. The molecule has 106 valence electrons. The Hall–Kier alpha value is -1.02. The van der Waals surface area contributed by atoms with Crippen LogP contribution in [0.25, 0.3) is 0 Å². The van der Waals surface area contributed by atoms with Crippen LogP contribution in [-0.2, 0) is 5.41 Å². The molecular weight excluding hydrogens is 232 g/mol. The average Bonchev–Trinajstić information content (AvgIpc) is 2.58. The van der Waals surface area contributed by atoms with Gasteiger partial charge in [-0.3, -0.25) is 0 Å². The molecule has 1 aromatic rings. The van der Waals surface area contributed by atoms with Gasteiger partial charge < -0.3 is 9.80 Å². The molecule has 1 aliphatic heterocycles. The minimum atomic E-state index is 0.291. The summed E-state index contributed by atoms with van der Waals surface area (Å²) in [4.78, 5) is 4.85. The molecule has 1 heterocycles. The van der Waals surface area contributed by atoms with Crippen LogP contribution in [0.15, 0.2) is 18.2 Å². The van der Waals surface area contributed by atoms with Gasteiger partial charge in [0, 0.05) is 30.7 Å². The first kappa shape index (κ1) is 14.4. The molecule has 0 aromatic heterocycles. The molecule has 2 nitrogen and oxygen atoms in total. The van der Waals surface area contributed by atoms with Gasteiger partial charge in [-0.2, -0.15) is 0 Å². The Labute approximate surface area is 118 Å². The van der Waals surface area contributed by atoms with E-state index in [0.717, 1.165) is 13.1 Å². The molecule has 1 aromatic carbocycles. The number of aryl methyl sites for hydroxylation is 1. The van der Waals surface area contributed by atoms with E-state index in [1.807, 2.05) is 0 Å². The van der Waals surface area contributed by atoms with E-state index in [4.69, 9.17) is 0 Å². The number of fused-ring (bicyclic) bond motifs is 1. The fourth-order valence-electron chi connectivity index (χ4n) is 3.06. The second-order valence-corrected chi connectivity index (χ2v) is 6.76. The van der Waals surface area contributed by atoms with E-state index in [0.29, 0.717) is 11.5 Å². The van der Waals surface area contributed by atoms with Crippen LogP contribution in [0.2, 0.25) is 0 Å². The molecule has 2 rings (SSSR count). The highest BCUT2D eigenvalue weighted by molar-refractivity contribution is 5.62. The van der Waals surface area contributed by atoms with Crippen molar-refractivity contribution in [3.05, 3.63) is 29.3 Å². The summed E-state index contributed by atoms with van der Waals surface area (Å²) in [5.74, 6) is 0. The third-order valence-corrected chi connectivity index (χ3v) is 4.70. The highest BCUT2D eigenvalue weighted by Gasteiger charge is 2.37. The quantitative estimate of drug-likeness (QED) is 0.818. The van der Waals surface area contributed by atoms with Gasteiger partial charge in [-0.05, 0) is 52.4 Å². The van der Waals surface area contributed by atoms with Crippen molar-refractivity contribution in [2.45, 2.75) is 45.6 Å². The highest BCUT2D eigenvalue weighted by Crippen LogP contribution is 2.42. The molecule has 0 aliphatic carbocycles. The summed E-state index contributed by atoms with van der Waals surface area (Å²) in [6.45, 7) is 11.4. The predicted molar refractivity (Wildman–Crippen MR) is 84.2 cm³/mol. The van der Waals surface area contributed by atoms with Crippen LogP contribution in [-0.4, -0.2) is 38.1 Å². The van der Waals surface area contributed by atoms with Crippen molar-refractivity contribution in [3.63, 3.8) is 0 Å². The number of rotatable bonds is 4. The summed E-state index contributed by atoms with van der Waals surface area (Å²) in [5.41, 5.74) is 4.61. The fourth-order valence-corrected chi connectivity index (χ4v) is 3.06. The summed E-state index contributed by atoms with van der Waals surface area (Å²) in [6, 6.07) is 7.51. The molecule has 0 amide bonds. The summed E-state index contributed by atoms with van der Waals surface area (Å²) < 4.78 is 0. The van der Waals surface area contributed by atoms with Crippen LogP contribution in [0.1, 0.15) is 38.3 Å². The molecule has 0 bridgehead atoms. The Balaban J connectivity index is 2.20. The lowest BCUT2D eigenvalue weighted by Crippen LogP contribution is -2.35. The van der Waals surface area contributed by atoms with Crippen LogP contribution in [0.3, 0.4) is 0 Å². The zero-order valence-corrected chi connectivity index (χ0v) is 13.3. The average molecular weight is 260 g/mol. The van der Waals surface area contributed by atoms with Gasteiger partial charge >= 0.3 is 0 Å². The van der Waals surface area contributed by atoms with Crippen molar-refractivity contribution in [2.75, 3.05) is 32.1 Å². The molecule has 0 N–H and O–H groups in total.